The Balaban J connectivity index is 1.77. The zero-order valence-corrected chi connectivity index (χ0v) is 15.0. The van der Waals surface area contributed by atoms with E-state index >= 15 is 0 Å². The molecule has 0 unspecified atom stereocenters. The fraction of sp³-hybridized carbons (Fsp3) is 0.263. The predicted molar refractivity (Wildman–Crippen MR) is 103 cm³/mol. The third kappa shape index (κ3) is 6.74. The molecule has 0 radical (unpaired) electrons. The normalized spacial score (nSPS) is 11.5. The van der Waals surface area contributed by atoms with E-state index in [0.717, 1.165) is 5.75 Å². The first-order chi connectivity index (χ1) is 12.6. The van der Waals surface area contributed by atoms with Crippen LogP contribution in [0.5, 0.6) is 11.5 Å². The Hall–Kier alpha value is -2.57. The molecule has 2 rings (SSSR count). The summed E-state index contributed by atoms with van der Waals surface area (Å²) in [6, 6.07) is 15.7. The molecule has 2 aromatic carbocycles. The fourth-order valence-electron chi connectivity index (χ4n) is 2.17. The molecule has 0 aliphatic rings. The molecule has 7 heteroatoms. The number of hydrogen-bond donors (Lipinski definition) is 3. The maximum Gasteiger partial charge on any atom is 0.236 e. The molecule has 138 valence electrons. The van der Waals surface area contributed by atoms with E-state index in [0.29, 0.717) is 23.9 Å². The summed E-state index contributed by atoms with van der Waals surface area (Å²) < 4.78 is 5.69. The van der Waals surface area contributed by atoms with E-state index in [2.05, 4.69) is 10.6 Å². The van der Waals surface area contributed by atoms with Crippen LogP contribution in [0.25, 0.3) is 0 Å². The van der Waals surface area contributed by atoms with E-state index in [-0.39, 0.29) is 24.7 Å². The molecule has 0 aliphatic carbocycles. The lowest BCUT2D eigenvalue weighted by atomic mass is 10.1. The van der Waals surface area contributed by atoms with Crippen LogP contribution in [-0.4, -0.2) is 30.3 Å². The Labute approximate surface area is 157 Å². The largest absolute Gasteiger partial charge is 0.457 e. The van der Waals surface area contributed by atoms with Crippen molar-refractivity contribution in [3.8, 4) is 11.5 Å². The van der Waals surface area contributed by atoms with E-state index in [9.17, 15) is 9.59 Å². The standard InChI is InChI=1S/C19H22ClN3O3/c20-12-13-22-19(25)17(21)10-11-18(24)23-14-6-8-16(9-7-14)26-15-4-2-1-3-5-15/h1-9,17H,10-13,21H2,(H,22,25)(H,23,24)/t17-/m1/s1. The van der Waals surface area contributed by atoms with Crippen molar-refractivity contribution in [1.29, 1.82) is 0 Å². The average Bonchev–Trinajstić information content (AvgIpc) is 2.66. The molecular weight excluding hydrogens is 354 g/mol. The van der Waals surface area contributed by atoms with Gasteiger partial charge in [-0.25, -0.2) is 0 Å². The predicted octanol–water partition coefficient (Wildman–Crippen LogP) is 2.88. The monoisotopic (exact) mass is 375 g/mol. The van der Waals surface area contributed by atoms with Crippen molar-refractivity contribution in [1.82, 2.24) is 5.32 Å². The van der Waals surface area contributed by atoms with Crippen LogP contribution >= 0.6 is 11.6 Å². The van der Waals surface area contributed by atoms with Crippen molar-refractivity contribution in [3.05, 3.63) is 54.6 Å². The Bertz CT molecular complexity index is 708. The molecule has 0 spiro atoms. The van der Waals surface area contributed by atoms with Crippen LogP contribution < -0.4 is 21.1 Å². The highest BCUT2D eigenvalue weighted by molar-refractivity contribution is 6.18. The molecule has 0 bridgehead atoms. The van der Waals surface area contributed by atoms with Crippen LogP contribution in [0, 0.1) is 0 Å². The first kappa shape index (κ1) is 19.8. The van der Waals surface area contributed by atoms with Gasteiger partial charge >= 0.3 is 0 Å². The van der Waals surface area contributed by atoms with Gasteiger partial charge in [-0.15, -0.1) is 11.6 Å². The third-order valence-corrected chi connectivity index (χ3v) is 3.72. The molecule has 0 aliphatic heterocycles. The van der Waals surface area contributed by atoms with Gasteiger partial charge in [-0.1, -0.05) is 18.2 Å². The van der Waals surface area contributed by atoms with Crippen molar-refractivity contribution in [3.63, 3.8) is 0 Å². The lowest BCUT2D eigenvalue weighted by Gasteiger charge is -2.12. The molecule has 1 atom stereocenters. The summed E-state index contributed by atoms with van der Waals surface area (Å²) in [5.74, 6) is 1.23. The average molecular weight is 376 g/mol. The molecule has 4 N–H and O–H groups in total. The van der Waals surface area contributed by atoms with Crippen molar-refractivity contribution < 1.29 is 14.3 Å². The van der Waals surface area contributed by atoms with Crippen LogP contribution in [0.2, 0.25) is 0 Å². The van der Waals surface area contributed by atoms with Gasteiger partial charge in [0.1, 0.15) is 11.5 Å². The number of nitrogens with two attached hydrogens (primary N) is 1. The van der Waals surface area contributed by atoms with E-state index in [1.54, 1.807) is 24.3 Å². The van der Waals surface area contributed by atoms with Crippen molar-refractivity contribution in [2.24, 2.45) is 5.73 Å². The maximum atomic E-state index is 12.0. The smallest absolute Gasteiger partial charge is 0.236 e. The zero-order valence-electron chi connectivity index (χ0n) is 14.3. The molecule has 6 nitrogen and oxygen atoms in total. The minimum absolute atomic E-state index is 0.151. The van der Waals surface area contributed by atoms with Gasteiger partial charge in [0.15, 0.2) is 0 Å². The molecule has 26 heavy (non-hydrogen) atoms. The number of amides is 2. The van der Waals surface area contributed by atoms with E-state index in [1.807, 2.05) is 30.3 Å². The molecule has 0 fully saturated rings. The van der Waals surface area contributed by atoms with E-state index in [4.69, 9.17) is 22.1 Å². The summed E-state index contributed by atoms with van der Waals surface area (Å²) in [7, 11) is 0. The third-order valence-electron chi connectivity index (χ3n) is 3.53. The molecule has 2 amide bonds. The highest BCUT2D eigenvalue weighted by atomic mass is 35.5. The van der Waals surface area contributed by atoms with Crippen molar-refractivity contribution >= 4 is 29.1 Å². The zero-order chi connectivity index (χ0) is 18.8. The minimum Gasteiger partial charge on any atom is -0.457 e. The van der Waals surface area contributed by atoms with Gasteiger partial charge < -0.3 is 21.1 Å². The number of nitrogens with one attached hydrogen (secondary N) is 2. The fourth-order valence-corrected chi connectivity index (χ4v) is 2.27. The Morgan fingerprint density at radius 1 is 1.04 bits per heavy atom. The van der Waals surface area contributed by atoms with Gasteiger partial charge in [0.05, 0.1) is 6.04 Å². The quantitative estimate of drug-likeness (QED) is 0.587. The highest BCUT2D eigenvalue weighted by Crippen LogP contribution is 2.22. The summed E-state index contributed by atoms with van der Waals surface area (Å²) in [5.41, 5.74) is 6.39. The molecular formula is C19H22ClN3O3. The highest BCUT2D eigenvalue weighted by Gasteiger charge is 2.14. The summed E-state index contributed by atoms with van der Waals surface area (Å²) in [5, 5.41) is 5.36. The van der Waals surface area contributed by atoms with Crippen LogP contribution in [0.15, 0.2) is 54.6 Å². The van der Waals surface area contributed by atoms with Crippen molar-refractivity contribution in [2.45, 2.75) is 18.9 Å². The number of rotatable bonds is 9. The number of carbonyl (C=O) groups is 2. The van der Waals surface area contributed by atoms with Crippen molar-refractivity contribution in [2.75, 3.05) is 17.7 Å². The summed E-state index contributed by atoms with van der Waals surface area (Å²) in [4.78, 5) is 23.6. The second-order valence-corrected chi connectivity index (χ2v) is 5.99. The second-order valence-electron chi connectivity index (χ2n) is 5.61. The summed E-state index contributed by atoms with van der Waals surface area (Å²) in [6.45, 7) is 0.359. The lowest BCUT2D eigenvalue weighted by molar-refractivity contribution is -0.122. The number of anilines is 1. The Morgan fingerprint density at radius 3 is 2.35 bits per heavy atom. The van der Waals surface area contributed by atoms with Crippen LogP contribution in [0.1, 0.15) is 12.8 Å². The van der Waals surface area contributed by atoms with Crippen LogP contribution in [-0.2, 0) is 9.59 Å². The van der Waals surface area contributed by atoms with Crippen LogP contribution in [0.3, 0.4) is 0 Å². The molecule has 0 saturated heterocycles. The number of halogens is 1. The Kier molecular flexibility index (Phi) is 7.92. The minimum atomic E-state index is -0.731. The van der Waals surface area contributed by atoms with Gasteiger partial charge in [-0.2, -0.15) is 0 Å². The number of para-hydroxylation sites is 1. The topological polar surface area (TPSA) is 93.5 Å². The molecule has 0 heterocycles. The number of carbonyl (C=O) groups excluding carboxylic acids is 2. The van der Waals surface area contributed by atoms with Gasteiger partial charge in [0.2, 0.25) is 11.8 Å². The molecule has 0 saturated carbocycles. The van der Waals surface area contributed by atoms with Gasteiger partial charge in [-0.05, 0) is 42.8 Å². The second kappa shape index (κ2) is 10.4. The SMILES string of the molecule is N[C@H](CCC(=O)Nc1ccc(Oc2ccccc2)cc1)C(=O)NCCCl. The number of alkyl halides is 1. The van der Waals surface area contributed by atoms with E-state index in [1.165, 1.54) is 0 Å². The summed E-state index contributed by atoms with van der Waals surface area (Å²) in [6.07, 6.45) is 0.410. The number of ether oxygens (including phenoxy) is 1. The number of benzene rings is 2. The lowest BCUT2D eigenvalue weighted by Crippen LogP contribution is -2.41. The first-order valence-electron chi connectivity index (χ1n) is 8.30. The number of hydrogen-bond acceptors (Lipinski definition) is 4. The molecule has 2 aromatic rings. The summed E-state index contributed by atoms with van der Waals surface area (Å²) >= 11 is 5.50. The maximum absolute atomic E-state index is 12.0. The van der Waals surface area contributed by atoms with Crippen LogP contribution in [0.4, 0.5) is 5.69 Å². The first-order valence-corrected chi connectivity index (χ1v) is 8.84. The van der Waals surface area contributed by atoms with Gasteiger partial charge in [0.25, 0.3) is 0 Å². The van der Waals surface area contributed by atoms with Gasteiger partial charge in [-0.3, -0.25) is 9.59 Å². The molecule has 0 aromatic heterocycles. The van der Waals surface area contributed by atoms with E-state index < -0.39 is 6.04 Å². The van der Waals surface area contributed by atoms with Gasteiger partial charge in [0, 0.05) is 24.5 Å². The Morgan fingerprint density at radius 2 is 1.69 bits per heavy atom.